The van der Waals surface area contributed by atoms with Gasteiger partial charge >= 0.3 is 18.4 Å². The highest BCUT2D eigenvalue weighted by Gasteiger charge is 2.32. The molecule has 0 aliphatic rings. The molecule has 1 rings (SSSR count). The van der Waals surface area contributed by atoms with E-state index in [1.165, 1.54) is 6.07 Å². The zero-order chi connectivity index (χ0) is 19.4. The van der Waals surface area contributed by atoms with Crippen LogP contribution in [0.4, 0.5) is 18.0 Å². The third kappa shape index (κ3) is 7.64. The fourth-order valence-corrected chi connectivity index (χ4v) is 1.78. The first-order valence-electron chi connectivity index (χ1n) is 7.07. The Morgan fingerprint density at radius 2 is 1.84 bits per heavy atom. The molecular formula is C15H18F3NO6. The molecule has 10 heteroatoms. The first-order chi connectivity index (χ1) is 11.3. The lowest BCUT2D eigenvalue weighted by atomic mass is 10.1. The van der Waals surface area contributed by atoms with E-state index in [1.54, 1.807) is 20.8 Å². The lowest BCUT2D eigenvalue weighted by molar-refractivity contribution is -0.275. The quantitative estimate of drug-likeness (QED) is 0.741. The monoisotopic (exact) mass is 365 g/mol. The van der Waals surface area contributed by atoms with E-state index in [0.717, 1.165) is 12.1 Å². The number of benzene rings is 1. The van der Waals surface area contributed by atoms with E-state index in [-0.39, 0.29) is 12.0 Å². The van der Waals surface area contributed by atoms with Crippen molar-refractivity contribution >= 4 is 12.1 Å². The van der Waals surface area contributed by atoms with Crippen molar-refractivity contribution in [3.05, 3.63) is 23.8 Å². The Morgan fingerprint density at radius 1 is 1.24 bits per heavy atom. The summed E-state index contributed by atoms with van der Waals surface area (Å²) in [6.45, 7) is 4.76. The molecule has 0 heterocycles. The van der Waals surface area contributed by atoms with Gasteiger partial charge in [-0.15, -0.1) is 13.2 Å². The number of phenols is 1. The van der Waals surface area contributed by atoms with Gasteiger partial charge in [0, 0.05) is 6.42 Å². The van der Waals surface area contributed by atoms with Crippen LogP contribution in [0.25, 0.3) is 0 Å². The summed E-state index contributed by atoms with van der Waals surface area (Å²) in [5.41, 5.74) is -0.750. The van der Waals surface area contributed by atoms with Gasteiger partial charge in [-0.05, 0) is 38.5 Å². The van der Waals surface area contributed by atoms with Crippen LogP contribution in [0.5, 0.6) is 11.5 Å². The number of nitrogens with one attached hydrogen (secondary N) is 1. The molecule has 140 valence electrons. The van der Waals surface area contributed by atoms with Crippen molar-refractivity contribution in [2.75, 3.05) is 0 Å². The minimum absolute atomic E-state index is 0.0977. The molecule has 0 aromatic heterocycles. The number of amides is 1. The first kappa shape index (κ1) is 20.4. The number of aliphatic carboxylic acids is 1. The van der Waals surface area contributed by atoms with E-state index in [9.17, 15) is 27.9 Å². The van der Waals surface area contributed by atoms with Crippen molar-refractivity contribution in [3.8, 4) is 11.5 Å². The fourth-order valence-electron chi connectivity index (χ4n) is 1.78. The largest absolute Gasteiger partial charge is 0.573 e. The van der Waals surface area contributed by atoms with E-state index in [0.29, 0.717) is 0 Å². The number of carbonyl (C=O) groups is 2. The number of alkyl halides is 3. The van der Waals surface area contributed by atoms with E-state index in [2.05, 4.69) is 10.1 Å². The number of rotatable bonds is 5. The summed E-state index contributed by atoms with van der Waals surface area (Å²) in [6.07, 6.45) is -6.34. The lowest BCUT2D eigenvalue weighted by Crippen LogP contribution is -2.44. The van der Waals surface area contributed by atoms with Crippen molar-refractivity contribution in [2.24, 2.45) is 0 Å². The molecular weight excluding hydrogens is 347 g/mol. The molecule has 0 saturated heterocycles. The molecule has 0 bridgehead atoms. The lowest BCUT2D eigenvalue weighted by Gasteiger charge is -2.22. The maximum Gasteiger partial charge on any atom is 0.573 e. The average Bonchev–Trinajstić information content (AvgIpc) is 2.37. The zero-order valence-electron chi connectivity index (χ0n) is 13.7. The SMILES string of the molecule is CC(C)(C)OC(=O)NC(Cc1ccc(O)c(OC(F)(F)F)c1)C(=O)O. The topological polar surface area (TPSA) is 105 Å². The van der Waals surface area contributed by atoms with Gasteiger partial charge in [-0.3, -0.25) is 0 Å². The van der Waals surface area contributed by atoms with Crippen molar-refractivity contribution in [1.82, 2.24) is 5.32 Å². The predicted molar refractivity (Wildman–Crippen MR) is 79.3 cm³/mol. The van der Waals surface area contributed by atoms with Crippen LogP contribution in [0.2, 0.25) is 0 Å². The molecule has 1 amide bonds. The molecule has 0 aliphatic carbocycles. The molecule has 7 nitrogen and oxygen atoms in total. The molecule has 0 saturated carbocycles. The number of hydrogen-bond donors (Lipinski definition) is 3. The van der Waals surface area contributed by atoms with Crippen LogP contribution < -0.4 is 10.1 Å². The highest BCUT2D eigenvalue weighted by atomic mass is 19.4. The van der Waals surface area contributed by atoms with Gasteiger partial charge in [0.05, 0.1) is 0 Å². The number of aromatic hydroxyl groups is 1. The second-order valence-corrected chi connectivity index (χ2v) is 6.09. The molecule has 25 heavy (non-hydrogen) atoms. The van der Waals surface area contributed by atoms with Crippen LogP contribution >= 0.6 is 0 Å². The van der Waals surface area contributed by atoms with Crippen molar-refractivity contribution in [3.63, 3.8) is 0 Å². The second-order valence-electron chi connectivity index (χ2n) is 6.09. The summed E-state index contributed by atoms with van der Waals surface area (Å²) >= 11 is 0. The summed E-state index contributed by atoms with van der Waals surface area (Å²) in [7, 11) is 0. The maximum atomic E-state index is 12.3. The Balaban J connectivity index is 2.90. The standard InChI is InChI=1S/C15H18F3NO6/c1-14(2,3)25-13(23)19-9(12(21)22)6-8-4-5-10(20)11(7-8)24-15(16,17)18/h4-5,7,9,20H,6H2,1-3H3,(H,19,23)(H,21,22). The number of ether oxygens (including phenoxy) is 2. The van der Waals surface area contributed by atoms with Crippen LogP contribution in [-0.4, -0.2) is 40.3 Å². The van der Waals surface area contributed by atoms with Gasteiger partial charge in [0.15, 0.2) is 11.5 Å². The Bertz CT molecular complexity index is 639. The van der Waals surface area contributed by atoms with Crippen LogP contribution in [0.1, 0.15) is 26.3 Å². The average molecular weight is 365 g/mol. The molecule has 3 N–H and O–H groups in total. The predicted octanol–water partition coefficient (Wildman–Crippen LogP) is 2.81. The normalized spacial score (nSPS) is 13.0. The number of carbonyl (C=O) groups excluding carboxylic acids is 1. The highest BCUT2D eigenvalue weighted by Crippen LogP contribution is 2.32. The van der Waals surface area contributed by atoms with Crippen LogP contribution in [0, 0.1) is 0 Å². The number of carboxylic acid groups (broad SMARTS) is 1. The number of hydrogen-bond acceptors (Lipinski definition) is 5. The van der Waals surface area contributed by atoms with Crippen LogP contribution in [0.3, 0.4) is 0 Å². The van der Waals surface area contributed by atoms with E-state index in [1.807, 2.05) is 0 Å². The maximum absolute atomic E-state index is 12.3. The van der Waals surface area contributed by atoms with Gasteiger partial charge in [-0.25, -0.2) is 9.59 Å². The van der Waals surface area contributed by atoms with Crippen molar-refractivity contribution in [1.29, 1.82) is 0 Å². The van der Waals surface area contributed by atoms with Gasteiger partial charge < -0.3 is 25.0 Å². The molecule has 1 aromatic carbocycles. The number of halogens is 3. The second kappa shape index (κ2) is 7.49. The van der Waals surface area contributed by atoms with Crippen LogP contribution in [-0.2, 0) is 16.0 Å². The molecule has 0 aliphatic heterocycles. The summed E-state index contributed by atoms with van der Waals surface area (Å²) in [5.74, 6) is -3.03. The van der Waals surface area contributed by atoms with Crippen LogP contribution in [0.15, 0.2) is 18.2 Å². The Labute approximate surface area is 141 Å². The number of phenolic OH excluding ortho intramolecular Hbond substituents is 1. The summed E-state index contributed by atoms with van der Waals surface area (Å²) in [4.78, 5) is 22.9. The molecule has 1 unspecified atom stereocenters. The minimum Gasteiger partial charge on any atom is -0.504 e. The number of carboxylic acids is 1. The minimum atomic E-state index is -5.02. The summed E-state index contributed by atoms with van der Waals surface area (Å²) in [6, 6.07) is 1.54. The van der Waals surface area contributed by atoms with Crippen molar-refractivity contribution < 1.29 is 42.4 Å². The molecule has 1 aromatic rings. The van der Waals surface area contributed by atoms with Crippen molar-refractivity contribution in [2.45, 2.75) is 45.2 Å². The van der Waals surface area contributed by atoms with Gasteiger partial charge in [0.1, 0.15) is 11.6 Å². The summed E-state index contributed by atoms with van der Waals surface area (Å²) < 4.78 is 45.4. The van der Waals surface area contributed by atoms with E-state index >= 15 is 0 Å². The molecule has 0 radical (unpaired) electrons. The van der Waals surface area contributed by atoms with Gasteiger partial charge in [-0.1, -0.05) is 6.07 Å². The summed E-state index contributed by atoms with van der Waals surface area (Å²) in [5, 5.41) is 20.7. The molecule has 0 fully saturated rings. The Kier molecular flexibility index (Phi) is 6.11. The van der Waals surface area contributed by atoms with Gasteiger partial charge in [0.25, 0.3) is 0 Å². The Morgan fingerprint density at radius 3 is 2.32 bits per heavy atom. The fraction of sp³-hybridized carbons (Fsp3) is 0.467. The smallest absolute Gasteiger partial charge is 0.504 e. The van der Waals surface area contributed by atoms with Gasteiger partial charge in [-0.2, -0.15) is 0 Å². The first-order valence-corrected chi connectivity index (χ1v) is 7.07. The highest BCUT2D eigenvalue weighted by molar-refractivity contribution is 5.80. The zero-order valence-corrected chi connectivity index (χ0v) is 13.7. The van der Waals surface area contributed by atoms with E-state index in [4.69, 9.17) is 9.84 Å². The molecule has 1 atom stereocenters. The Hall–Kier alpha value is -2.65. The third-order valence-electron chi connectivity index (χ3n) is 2.68. The molecule has 0 spiro atoms. The number of alkyl carbamates (subject to hydrolysis) is 1. The third-order valence-corrected chi connectivity index (χ3v) is 2.68. The van der Waals surface area contributed by atoms with Gasteiger partial charge in [0.2, 0.25) is 0 Å². The van der Waals surface area contributed by atoms with E-state index < -0.39 is 41.6 Å².